The Balaban J connectivity index is 1.46. The van der Waals surface area contributed by atoms with Gasteiger partial charge in [-0.2, -0.15) is 0 Å². The molecule has 144 valence electrons. The first-order chi connectivity index (χ1) is 13.2. The van der Waals surface area contributed by atoms with Crippen molar-refractivity contribution in [3.05, 3.63) is 60.1 Å². The summed E-state index contributed by atoms with van der Waals surface area (Å²) in [4.78, 5) is 7.34. The summed E-state index contributed by atoms with van der Waals surface area (Å²) in [5.41, 5.74) is 1.59. The smallest absolute Gasteiger partial charge is 0.194 e. The van der Waals surface area contributed by atoms with Crippen LogP contribution in [0.1, 0.15) is 37.1 Å². The number of likely N-dealkylation sites (tertiary alicyclic amines) is 1. The van der Waals surface area contributed by atoms with Crippen molar-refractivity contribution in [3.8, 4) is 0 Å². The van der Waals surface area contributed by atoms with Crippen LogP contribution in [-0.2, 0) is 11.2 Å². The van der Waals surface area contributed by atoms with E-state index in [9.17, 15) is 0 Å². The van der Waals surface area contributed by atoms with E-state index in [-0.39, 0.29) is 6.04 Å². The Kier molecular flexibility index (Phi) is 5.48. The van der Waals surface area contributed by atoms with E-state index in [1.165, 1.54) is 12.0 Å². The van der Waals surface area contributed by atoms with Crippen LogP contribution in [0.2, 0.25) is 0 Å². The second-order valence-corrected chi connectivity index (χ2v) is 7.79. The predicted molar refractivity (Wildman–Crippen MR) is 107 cm³/mol. The fourth-order valence-electron chi connectivity index (χ4n) is 4.07. The third-order valence-corrected chi connectivity index (χ3v) is 5.77. The standard InChI is InChI=1S/C22H29N3O2/c1-18(19-6-3-2-4-7-19)24-21(23-12-9-20-8-5-14-27-20)25-13-10-22(16-25)11-15-26-17-22/h2-8,14,18H,9-13,15-17H2,1H3,(H,23,24). The Morgan fingerprint density at radius 2 is 2.11 bits per heavy atom. The molecule has 2 aliphatic rings. The van der Waals surface area contributed by atoms with Crippen LogP contribution in [0.4, 0.5) is 0 Å². The van der Waals surface area contributed by atoms with Gasteiger partial charge in [-0.05, 0) is 37.5 Å². The minimum absolute atomic E-state index is 0.213. The van der Waals surface area contributed by atoms with Crippen molar-refractivity contribution in [1.82, 2.24) is 10.2 Å². The lowest BCUT2D eigenvalue weighted by atomic mass is 9.87. The number of nitrogens with one attached hydrogen (secondary N) is 1. The van der Waals surface area contributed by atoms with E-state index >= 15 is 0 Å². The summed E-state index contributed by atoms with van der Waals surface area (Å²) in [5.74, 6) is 1.98. The molecular formula is C22H29N3O2. The molecule has 0 aliphatic carbocycles. The van der Waals surface area contributed by atoms with Crippen LogP contribution < -0.4 is 5.32 Å². The van der Waals surface area contributed by atoms with Gasteiger partial charge in [0.25, 0.3) is 0 Å². The maximum absolute atomic E-state index is 5.69. The van der Waals surface area contributed by atoms with E-state index in [2.05, 4.69) is 47.5 Å². The second kappa shape index (κ2) is 8.17. The van der Waals surface area contributed by atoms with Gasteiger partial charge in [-0.25, -0.2) is 0 Å². The molecule has 5 nitrogen and oxygen atoms in total. The van der Waals surface area contributed by atoms with Crippen LogP contribution in [0.3, 0.4) is 0 Å². The number of hydrogen-bond donors (Lipinski definition) is 1. The van der Waals surface area contributed by atoms with E-state index < -0.39 is 0 Å². The largest absolute Gasteiger partial charge is 0.469 e. The van der Waals surface area contributed by atoms with Gasteiger partial charge in [0.1, 0.15) is 5.76 Å². The summed E-state index contributed by atoms with van der Waals surface area (Å²) >= 11 is 0. The zero-order chi connectivity index (χ0) is 18.5. The van der Waals surface area contributed by atoms with Crippen molar-refractivity contribution in [2.24, 2.45) is 10.4 Å². The zero-order valence-electron chi connectivity index (χ0n) is 16.1. The highest BCUT2D eigenvalue weighted by atomic mass is 16.5. The summed E-state index contributed by atoms with van der Waals surface area (Å²) in [6.07, 6.45) is 4.89. The first kappa shape index (κ1) is 18.1. The van der Waals surface area contributed by atoms with Crippen molar-refractivity contribution in [1.29, 1.82) is 0 Å². The fraction of sp³-hybridized carbons (Fsp3) is 0.500. The van der Waals surface area contributed by atoms with Crippen LogP contribution in [0.25, 0.3) is 0 Å². The molecule has 0 saturated carbocycles. The molecule has 2 fully saturated rings. The fourth-order valence-corrected chi connectivity index (χ4v) is 4.07. The first-order valence-corrected chi connectivity index (χ1v) is 9.95. The van der Waals surface area contributed by atoms with E-state index in [0.29, 0.717) is 5.41 Å². The topological polar surface area (TPSA) is 50.0 Å². The van der Waals surface area contributed by atoms with Gasteiger partial charge in [0.15, 0.2) is 5.96 Å². The van der Waals surface area contributed by atoms with Gasteiger partial charge in [0.2, 0.25) is 0 Å². The quantitative estimate of drug-likeness (QED) is 0.647. The number of hydrogen-bond acceptors (Lipinski definition) is 3. The Morgan fingerprint density at radius 3 is 2.85 bits per heavy atom. The van der Waals surface area contributed by atoms with Gasteiger partial charge in [-0.1, -0.05) is 30.3 Å². The molecule has 27 heavy (non-hydrogen) atoms. The lowest BCUT2D eigenvalue weighted by molar-refractivity contribution is 0.156. The van der Waals surface area contributed by atoms with Gasteiger partial charge in [0.05, 0.1) is 18.9 Å². The van der Waals surface area contributed by atoms with Crippen molar-refractivity contribution in [2.45, 2.75) is 32.2 Å². The molecule has 1 spiro atoms. The molecule has 1 aromatic carbocycles. The van der Waals surface area contributed by atoms with Crippen LogP contribution in [0.15, 0.2) is 58.1 Å². The highest BCUT2D eigenvalue weighted by Gasteiger charge is 2.42. The first-order valence-electron chi connectivity index (χ1n) is 9.95. The number of aliphatic imine (C=N–C) groups is 1. The number of rotatable bonds is 5. The van der Waals surface area contributed by atoms with E-state index in [4.69, 9.17) is 14.1 Å². The lowest BCUT2D eigenvalue weighted by Gasteiger charge is -2.27. The Hall–Kier alpha value is -2.27. The molecule has 2 atom stereocenters. The predicted octanol–water partition coefficient (Wildman–Crippen LogP) is 3.64. The maximum atomic E-state index is 5.69. The summed E-state index contributed by atoms with van der Waals surface area (Å²) < 4.78 is 11.1. The Bertz CT molecular complexity index is 736. The molecule has 0 radical (unpaired) electrons. The molecule has 2 aliphatic heterocycles. The molecule has 1 aromatic heterocycles. The normalized spacial score (nSPS) is 23.9. The average Bonchev–Trinajstić information content (AvgIpc) is 3.45. The SMILES string of the molecule is CC(NC(=NCCc1ccco1)N1CCC2(CCOC2)C1)c1ccccc1. The molecule has 4 rings (SSSR count). The summed E-state index contributed by atoms with van der Waals surface area (Å²) in [7, 11) is 0. The zero-order valence-corrected chi connectivity index (χ0v) is 16.1. The van der Waals surface area contributed by atoms with Gasteiger partial charge < -0.3 is 19.4 Å². The number of guanidine groups is 1. The lowest BCUT2D eigenvalue weighted by Crippen LogP contribution is -2.42. The Morgan fingerprint density at radius 1 is 1.22 bits per heavy atom. The highest BCUT2D eigenvalue weighted by Crippen LogP contribution is 2.38. The second-order valence-electron chi connectivity index (χ2n) is 7.79. The van der Waals surface area contributed by atoms with Gasteiger partial charge >= 0.3 is 0 Å². The van der Waals surface area contributed by atoms with Crippen molar-refractivity contribution < 1.29 is 9.15 Å². The molecule has 3 heterocycles. The number of benzene rings is 1. The molecule has 2 unspecified atom stereocenters. The van der Waals surface area contributed by atoms with Gasteiger partial charge in [-0.15, -0.1) is 0 Å². The molecule has 0 amide bonds. The minimum atomic E-state index is 0.213. The van der Waals surface area contributed by atoms with Crippen LogP contribution in [0, 0.1) is 5.41 Å². The summed E-state index contributed by atoms with van der Waals surface area (Å²) in [5, 5.41) is 3.67. The minimum Gasteiger partial charge on any atom is -0.469 e. The summed E-state index contributed by atoms with van der Waals surface area (Å²) in [6, 6.07) is 14.7. The average molecular weight is 367 g/mol. The number of ether oxygens (including phenoxy) is 1. The maximum Gasteiger partial charge on any atom is 0.194 e. The number of nitrogens with zero attached hydrogens (tertiary/aromatic N) is 2. The molecule has 5 heteroatoms. The van der Waals surface area contributed by atoms with Crippen molar-refractivity contribution in [3.63, 3.8) is 0 Å². The van der Waals surface area contributed by atoms with Crippen molar-refractivity contribution >= 4 is 5.96 Å². The van der Waals surface area contributed by atoms with E-state index in [0.717, 1.165) is 57.4 Å². The number of furan rings is 1. The third-order valence-electron chi connectivity index (χ3n) is 5.77. The Labute approximate surface area is 161 Å². The van der Waals surface area contributed by atoms with Crippen LogP contribution in [0.5, 0.6) is 0 Å². The third kappa shape index (κ3) is 4.35. The van der Waals surface area contributed by atoms with E-state index in [1.807, 2.05) is 12.1 Å². The molecule has 1 N–H and O–H groups in total. The van der Waals surface area contributed by atoms with Gasteiger partial charge in [0, 0.05) is 38.1 Å². The molecule has 2 saturated heterocycles. The van der Waals surface area contributed by atoms with Crippen LogP contribution >= 0.6 is 0 Å². The molecule has 0 bridgehead atoms. The molecular weight excluding hydrogens is 338 g/mol. The summed E-state index contributed by atoms with van der Waals surface area (Å²) in [6.45, 7) is 6.77. The van der Waals surface area contributed by atoms with Crippen molar-refractivity contribution in [2.75, 3.05) is 32.8 Å². The van der Waals surface area contributed by atoms with Crippen LogP contribution in [-0.4, -0.2) is 43.7 Å². The van der Waals surface area contributed by atoms with Gasteiger partial charge in [-0.3, -0.25) is 4.99 Å². The van der Waals surface area contributed by atoms with E-state index in [1.54, 1.807) is 6.26 Å². The monoisotopic (exact) mass is 367 g/mol. The molecule has 2 aromatic rings. The highest BCUT2D eigenvalue weighted by molar-refractivity contribution is 5.81.